The van der Waals surface area contributed by atoms with Crippen molar-refractivity contribution >= 4 is 16.1 Å². The van der Waals surface area contributed by atoms with E-state index in [1.807, 2.05) is 6.92 Å². The Morgan fingerprint density at radius 3 is 2.14 bits per heavy atom. The molecule has 3 nitrogen and oxygen atoms in total. The molecule has 0 aliphatic heterocycles. The number of benzene rings is 2. The Morgan fingerprint density at radius 1 is 1.05 bits per heavy atom. The topological polar surface area (TPSA) is 51.2 Å². The molecular formula is C16H15FO3S. The number of hydrogen-bond donors (Lipinski definition) is 0. The van der Waals surface area contributed by atoms with Crippen LogP contribution in [0.2, 0.25) is 0 Å². The molecule has 5 heteroatoms. The zero-order valence-electron chi connectivity index (χ0n) is 11.5. The lowest BCUT2D eigenvalue weighted by Gasteiger charge is -2.12. The van der Waals surface area contributed by atoms with Crippen molar-refractivity contribution in [3.8, 4) is 0 Å². The lowest BCUT2D eigenvalue weighted by Crippen LogP contribution is -2.25. The maximum absolute atomic E-state index is 12.9. The second-order valence-electron chi connectivity index (χ2n) is 4.86. The number of sulfone groups is 1. The SMILES string of the molecule is Cc1ccc(S(=O)(=O)C(C=O)Cc2ccc(F)cc2)cc1. The second kappa shape index (κ2) is 6.18. The smallest absolute Gasteiger partial charge is 0.188 e. The molecule has 0 amide bonds. The first-order valence-corrected chi connectivity index (χ1v) is 7.98. The molecule has 0 aliphatic carbocycles. The highest BCUT2D eigenvalue weighted by molar-refractivity contribution is 7.92. The number of halogens is 1. The van der Waals surface area contributed by atoms with E-state index in [0.717, 1.165) is 5.56 Å². The zero-order valence-corrected chi connectivity index (χ0v) is 12.3. The van der Waals surface area contributed by atoms with Gasteiger partial charge in [-0.05, 0) is 43.2 Å². The van der Waals surface area contributed by atoms with Gasteiger partial charge < -0.3 is 4.79 Å². The summed E-state index contributed by atoms with van der Waals surface area (Å²) in [7, 11) is -3.74. The minimum atomic E-state index is -3.74. The van der Waals surface area contributed by atoms with Crippen LogP contribution in [-0.2, 0) is 21.1 Å². The fraction of sp³-hybridized carbons (Fsp3) is 0.188. The predicted octanol–water partition coefficient (Wildman–Crippen LogP) is 2.72. The third-order valence-electron chi connectivity index (χ3n) is 3.25. The molecule has 2 aromatic rings. The van der Waals surface area contributed by atoms with E-state index in [2.05, 4.69) is 0 Å². The van der Waals surface area contributed by atoms with Crippen molar-refractivity contribution in [2.45, 2.75) is 23.5 Å². The van der Waals surface area contributed by atoms with Crippen molar-refractivity contribution in [3.63, 3.8) is 0 Å². The zero-order chi connectivity index (χ0) is 15.5. The van der Waals surface area contributed by atoms with Crippen molar-refractivity contribution < 1.29 is 17.6 Å². The Hall–Kier alpha value is -2.01. The first kappa shape index (κ1) is 15.4. The van der Waals surface area contributed by atoms with E-state index in [1.54, 1.807) is 12.1 Å². The molecule has 0 saturated carbocycles. The molecule has 0 saturated heterocycles. The summed E-state index contributed by atoms with van der Waals surface area (Å²) >= 11 is 0. The maximum Gasteiger partial charge on any atom is 0.188 e. The molecule has 21 heavy (non-hydrogen) atoms. The molecule has 0 aromatic heterocycles. The first-order valence-electron chi connectivity index (χ1n) is 6.44. The molecular weight excluding hydrogens is 291 g/mol. The average Bonchev–Trinajstić information content (AvgIpc) is 2.47. The van der Waals surface area contributed by atoms with Gasteiger partial charge in [-0.3, -0.25) is 0 Å². The highest BCUT2D eigenvalue weighted by atomic mass is 32.2. The van der Waals surface area contributed by atoms with Crippen LogP contribution in [0.4, 0.5) is 4.39 Å². The number of aryl methyl sites for hydroxylation is 1. The summed E-state index contributed by atoms with van der Waals surface area (Å²) in [6.45, 7) is 1.85. The van der Waals surface area contributed by atoms with Gasteiger partial charge in [0.1, 0.15) is 17.4 Å². The van der Waals surface area contributed by atoms with Crippen LogP contribution in [0.15, 0.2) is 53.4 Å². The Labute approximate surface area is 123 Å². The standard InChI is InChI=1S/C16H15FO3S/c1-12-2-8-15(9-3-12)21(19,20)16(11-18)10-13-4-6-14(17)7-5-13/h2-9,11,16H,10H2,1H3. The van der Waals surface area contributed by atoms with E-state index in [4.69, 9.17) is 0 Å². The number of rotatable bonds is 5. The summed E-state index contributed by atoms with van der Waals surface area (Å²) in [5.74, 6) is -0.400. The largest absolute Gasteiger partial charge is 0.302 e. The Kier molecular flexibility index (Phi) is 4.53. The minimum absolute atomic E-state index is 0.0278. The lowest BCUT2D eigenvalue weighted by atomic mass is 10.1. The van der Waals surface area contributed by atoms with E-state index in [9.17, 15) is 17.6 Å². The van der Waals surface area contributed by atoms with Crippen LogP contribution in [-0.4, -0.2) is 20.0 Å². The molecule has 2 rings (SSSR count). The molecule has 0 bridgehead atoms. The van der Waals surface area contributed by atoms with Crippen LogP contribution >= 0.6 is 0 Å². The maximum atomic E-state index is 12.9. The van der Waals surface area contributed by atoms with Gasteiger partial charge in [-0.15, -0.1) is 0 Å². The summed E-state index contributed by atoms with van der Waals surface area (Å²) in [6, 6.07) is 11.8. The van der Waals surface area contributed by atoms with Crippen LogP contribution in [0.1, 0.15) is 11.1 Å². The molecule has 0 heterocycles. The summed E-state index contributed by atoms with van der Waals surface area (Å²) in [4.78, 5) is 11.3. The molecule has 0 aliphatic rings. The quantitative estimate of drug-likeness (QED) is 0.798. The number of carbonyl (C=O) groups is 1. The molecule has 110 valence electrons. The van der Waals surface area contributed by atoms with Gasteiger partial charge in [0.2, 0.25) is 0 Å². The normalized spacial score (nSPS) is 12.9. The van der Waals surface area contributed by atoms with Gasteiger partial charge >= 0.3 is 0 Å². The van der Waals surface area contributed by atoms with Gasteiger partial charge in [0.05, 0.1) is 4.90 Å². The van der Waals surface area contributed by atoms with E-state index < -0.39 is 20.9 Å². The van der Waals surface area contributed by atoms with Crippen LogP contribution in [0.3, 0.4) is 0 Å². The molecule has 0 spiro atoms. The molecule has 1 atom stereocenters. The molecule has 2 aromatic carbocycles. The van der Waals surface area contributed by atoms with Crippen molar-refractivity contribution in [1.82, 2.24) is 0 Å². The van der Waals surface area contributed by atoms with Gasteiger partial charge in [0.15, 0.2) is 9.84 Å². The molecule has 1 unspecified atom stereocenters. The third kappa shape index (κ3) is 3.55. The van der Waals surface area contributed by atoms with Crippen molar-refractivity contribution in [2.75, 3.05) is 0 Å². The summed E-state index contributed by atoms with van der Waals surface area (Å²) in [5.41, 5.74) is 1.54. The highest BCUT2D eigenvalue weighted by Gasteiger charge is 2.27. The van der Waals surface area contributed by atoms with Crippen LogP contribution in [0.25, 0.3) is 0 Å². The van der Waals surface area contributed by atoms with Gasteiger partial charge in [-0.25, -0.2) is 12.8 Å². The van der Waals surface area contributed by atoms with E-state index in [1.165, 1.54) is 36.4 Å². The van der Waals surface area contributed by atoms with E-state index >= 15 is 0 Å². The predicted molar refractivity (Wildman–Crippen MR) is 78.3 cm³/mol. The molecule has 0 radical (unpaired) electrons. The monoisotopic (exact) mass is 306 g/mol. The van der Waals surface area contributed by atoms with E-state index in [0.29, 0.717) is 11.8 Å². The van der Waals surface area contributed by atoms with Crippen molar-refractivity contribution in [2.24, 2.45) is 0 Å². The summed E-state index contributed by atoms with van der Waals surface area (Å²) in [5, 5.41) is -1.18. The molecule has 0 N–H and O–H groups in total. The van der Waals surface area contributed by atoms with Crippen LogP contribution in [0, 0.1) is 12.7 Å². The minimum Gasteiger partial charge on any atom is -0.302 e. The Morgan fingerprint density at radius 2 is 1.62 bits per heavy atom. The molecule has 0 fully saturated rings. The Balaban J connectivity index is 2.29. The van der Waals surface area contributed by atoms with Gasteiger partial charge in [0.25, 0.3) is 0 Å². The fourth-order valence-electron chi connectivity index (χ4n) is 1.99. The summed E-state index contributed by atoms with van der Waals surface area (Å²) in [6.07, 6.45) is 0.457. The van der Waals surface area contributed by atoms with Crippen LogP contribution in [0.5, 0.6) is 0 Å². The highest BCUT2D eigenvalue weighted by Crippen LogP contribution is 2.19. The van der Waals surface area contributed by atoms with E-state index in [-0.39, 0.29) is 11.3 Å². The lowest BCUT2D eigenvalue weighted by molar-refractivity contribution is -0.107. The fourth-order valence-corrected chi connectivity index (χ4v) is 3.41. The number of hydrogen-bond acceptors (Lipinski definition) is 3. The van der Waals surface area contributed by atoms with Gasteiger partial charge in [-0.1, -0.05) is 29.8 Å². The average molecular weight is 306 g/mol. The van der Waals surface area contributed by atoms with Crippen molar-refractivity contribution in [1.29, 1.82) is 0 Å². The second-order valence-corrected chi connectivity index (χ2v) is 7.03. The number of aldehydes is 1. The van der Waals surface area contributed by atoms with Crippen molar-refractivity contribution in [3.05, 3.63) is 65.5 Å². The van der Waals surface area contributed by atoms with Crippen LogP contribution < -0.4 is 0 Å². The summed E-state index contributed by atoms with van der Waals surface area (Å²) < 4.78 is 37.7. The van der Waals surface area contributed by atoms with Gasteiger partial charge in [-0.2, -0.15) is 0 Å². The Bertz CT molecular complexity index is 719. The first-order chi connectivity index (χ1) is 9.93. The van der Waals surface area contributed by atoms with Gasteiger partial charge in [0, 0.05) is 0 Å². The number of carbonyl (C=O) groups excluding carboxylic acids is 1. The third-order valence-corrected chi connectivity index (χ3v) is 5.25.